The summed E-state index contributed by atoms with van der Waals surface area (Å²) in [5.41, 5.74) is 7.83. The van der Waals surface area contributed by atoms with E-state index in [0.29, 0.717) is 12.1 Å². The Bertz CT molecular complexity index is 294. The van der Waals surface area contributed by atoms with Crippen molar-refractivity contribution < 1.29 is 4.74 Å². The number of hydrogen-bond donors (Lipinski definition) is 1. The maximum Gasteiger partial charge on any atom is 0.0767 e. The minimum absolute atomic E-state index is 0.285. The molecule has 2 nitrogen and oxygen atoms in total. The van der Waals surface area contributed by atoms with Crippen LogP contribution in [0.2, 0.25) is 0 Å². The first-order chi connectivity index (χ1) is 8.26. The van der Waals surface area contributed by atoms with Crippen molar-refractivity contribution in [2.75, 3.05) is 0 Å². The number of rotatable bonds is 1. The first-order valence-electron chi connectivity index (χ1n) is 7.39. The van der Waals surface area contributed by atoms with E-state index in [4.69, 9.17) is 10.5 Å². The largest absolute Gasteiger partial charge is 0.368 e. The van der Waals surface area contributed by atoms with Gasteiger partial charge in [-0.15, -0.1) is 0 Å². The minimum atomic E-state index is 0.285. The zero-order valence-corrected chi connectivity index (χ0v) is 10.8. The van der Waals surface area contributed by atoms with Crippen LogP contribution in [0, 0.1) is 0 Å². The zero-order chi connectivity index (χ0) is 11.7. The molecule has 2 saturated carbocycles. The van der Waals surface area contributed by atoms with Gasteiger partial charge in [-0.05, 0) is 51.4 Å². The molecule has 2 aliphatic carbocycles. The SMILES string of the molecule is NC1CCC(=CC2CCC3(CCCC3)O2)CC1. The van der Waals surface area contributed by atoms with Crippen LogP contribution in [0.1, 0.15) is 64.2 Å². The van der Waals surface area contributed by atoms with Crippen molar-refractivity contribution in [2.45, 2.75) is 82.0 Å². The summed E-state index contributed by atoms with van der Waals surface area (Å²) in [5.74, 6) is 0. The summed E-state index contributed by atoms with van der Waals surface area (Å²) < 4.78 is 6.33. The molecule has 17 heavy (non-hydrogen) atoms. The van der Waals surface area contributed by atoms with Gasteiger partial charge in [0.15, 0.2) is 0 Å². The van der Waals surface area contributed by atoms with Crippen LogP contribution in [-0.4, -0.2) is 17.7 Å². The summed E-state index contributed by atoms with van der Waals surface area (Å²) in [4.78, 5) is 0. The van der Waals surface area contributed by atoms with Gasteiger partial charge in [0.25, 0.3) is 0 Å². The summed E-state index contributed by atoms with van der Waals surface area (Å²) in [6.07, 6.45) is 15.5. The van der Waals surface area contributed by atoms with Crippen molar-refractivity contribution in [1.29, 1.82) is 0 Å². The molecule has 1 aliphatic heterocycles. The number of allylic oxidation sites excluding steroid dienone is 1. The standard InChI is InChI=1S/C15H25NO/c16-13-5-3-12(4-6-13)11-14-7-10-15(17-14)8-1-2-9-15/h11,13-14H,1-10,16H2. The maximum atomic E-state index is 6.33. The van der Waals surface area contributed by atoms with E-state index >= 15 is 0 Å². The third kappa shape index (κ3) is 2.58. The van der Waals surface area contributed by atoms with Gasteiger partial charge in [0, 0.05) is 6.04 Å². The van der Waals surface area contributed by atoms with E-state index < -0.39 is 0 Å². The Morgan fingerprint density at radius 2 is 1.76 bits per heavy atom. The highest BCUT2D eigenvalue weighted by Gasteiger charge is 2.41. The summed E-state index contributed by atoms with van der Waals surface area (Å²) in [6.45, 7) is 0. The lowest BCUT2D eigenvalue weighted by Gasteiger charge is -2.24. The van der Waals surface area contributed by atoms with Crippen molar-refractivity contribution in [3.8, 4) is 0 Å². The molecule has 0 aromatic heterocycles. The Morgan fingerprint density at radius 1 is 1.06 bits per heavy atom. The fourth-order valence-electron chi connectivity index (χ4n) is 3.79. The highest BCUT2D eigenvalue weighted by atomic mass is 16.5. The molecule has 0 aromatic carbocycles. The second-order valence-electron chi connectivity index (χ2n) is 6.25. The monoisotopic (exact) mass is 235 g/mol. The van der Waals surface area contributed by atoms with Crippen molar-refractivity contribution in [1.82, 2.24) is 0 Å². The Kier molecular flexibility index (Phi) is 3.27. The van der Waals surface area contributed by atoms with Gasteiger partial charge in [-0.25, -0.2) is 0 Å². The molecule has 1 spiro atoms. The molecule has 2 heteroatoms. The van der Waals surface area contributed by atoms with E-state index in [0.717, 1.165) is 0 Å². The molecule has 3 fully saturated rings. The van der Waals surface area contributed by atoms with Crippen LogP contribution >= 0.6 is 0 Å². The fourth-order valence-corrected chi connectivity index (χ4v) is 3.79. The van der Waals surface area contributed by atoms with Gasteiger partial charge in [0.2, 0.25) is 0 Å². The lowest BCUT2D eigenvalue weighted by Crippen LogP contribution is -2.25. The smallest absolute Gasteiger partial charge is 0.0767 e. The normalized spacial score (nSPS) is 36.6. The maximum absolute atomic E-state index is 6.33. The van der Waals surface area contributed by atoms with Crippen LogP contribution in [0.15, 0.2) is 11.6 Å². The van der Waals surface area contributed by atoms with Gasteiger partial charge >= 0.3 is 0 Å². The highest BCUT2D eigenvalue weighted by Crippen LogP contribution is 2.44. The molecule has 3 aliphatic rings. The second-order valence-corrected chi connectivity index (χ2v) is 6.25. The van der Waals surface area contributed by atoms with Gasteiger partial charge in [-0.3, -0.25) is 0 Å². The summed E-state index contributed by atoms with van der Waals surface area (Å²) in [7, 11) is 0. The minimum Gasteiger partial charge on any atom is -0.368 e. The molecule has 2 N–H and O–H groups in total. The highest BCUT2D eigenvalue weighted by molar-refractivity contribution is 5.11. The average molecular weight is 235 g/mol. The van der Waals surface area contributed by atoms with Gasteiger partial charge in [0.05, 0.1) is 11.7 Å². The Balaban J connectivity index is 1.58. The molecule has 0 amide bonds. The van der Waals surface area contributed by atoms with Gasteiger partial charge < -0.3 is 10.5 Å². The van der Waals surface area contributed by atoms with Crippen LogP contribution in [0.25, 0.3) is 0 Å². The number of hydrogen-bond acceptors (Lipinski definition) is 2. The molecule has 1 unspecified atom stereocenters. The predicted octanol–water partition coefficient (Wildman–Crippen LogP) is 3.31. The van der Waals surface area contributed by atoms with E-state index in [1.54, 1.807) is 5.57 Å². The third-order valence-electron chi connectivity index (χ3n) is 4.89. The molecule has 0 aromatic rings. The number of nitrogens with two attached hydrogens (primary N) is 1. The van der Waals surface area contributed by atoms with Gasteiger partial charge in [-0.2, -0.15) is 0 Å². The van der Waals surface area contributed by atoms with E-state index in [9.17, 15) is 0 Å². The van der Waals surface area contributed by atoms with Crippen LogP contribution in [-0.2, 0) is 4.74 Å². The van der Waals surface area contributed by atoms with Crippen molar-refractivity contribution in [2.24, 2.45) is 5.73 Å². The van der Waals surface area contributed by atoms with Crippen molar-refractivity contribution in [3.63, 3.8) is 0 Å². The molecule has 3 rings (SSSR count). The Labute approximate surface area is 105 Å². The molecule has 0 radical (unpaired) electrons. The quantitative estimate of drug-likeness (QED) is 0.708. The number of ether oxygens (including phenoxy) is 1. The van der Waals surface area contributed by atoms with E-state index in [2.05, 4.69) is 6.08 Å². The summed E-state index contributed by atoms with van der Waals surface area (Å²) >= 11 is 0. The summed E-state index contributed by atoms with van der Waals surface area (Å²) in [5, 5.41) is 0. The topological polar surface area (TPSA) is 35.2 Å². The second kappa shape index (κ2) is 4.74. The first kappa shape index (κ1) is 11.7. The van der Waals surface area contributed by atoms with Crippen LogP contribution in [0.3, 0.4) is 0 Å². The lowest BCUT2D eigenvalue weighted by atomic mass is 9.90. The Morgan fingerprint density at radius 3 is 2.47 bits per heavy atom. The predicted molar refractivity (Wildman–Crippen MR) is 69.8 cm³/mol. The average Bonchev–Trinajstić information content (AvgIpc) is 2.94. The molecule has 1 saturated heterocycles. The molecule has 96 valence electrons. The molecular formula is C15H25NO. The molecule has 0 bridgehead atoms. The zero-order valence-electron chi connectivity index (χ0n) is 10.8. The van der Waals surface area contributed by atoms with E-state index in [-0.39, 0.29) is 5.60 Å². The van der Waals surface area contributed by atoms with Crippen LogP contribution in [0.4, 0.5) is 0 Å². The fraction of sp³-hybridized carbons (Fsp3) is 0.867. The van der Waals surface area contributed by atoms with Crippen LogP contribution < -0.4 is 5.73 Å². The first-order valence-corrected chi connectivity index (χ1v) is 7.39. The van der Waals surface area contributed by atoms with Crippen molar-refractivity contribution >= 4 is 0 Å². The van der Waals surface area contributed by atoms with Gasteiger partial charge in [0.1, 0.15) is 0 Å². The van der Waals surface area contributed by atoms with Gasteiger partial charge in [-0.1, -0.05) is 24.5 Å². The van der Waals surface area contributed by atoms with Crippen molar-refractivity contribution in [3.05, 3.63) is 11.6 Å². The molecule has 1 atom stereocenters. The molecular weight excluding hydrogens is 210 g/mol. The van der Waals surface area contributed by atoms with E-state index in [1.807, 2.05) is 0 Å². The summed E-state index contributed by atoms with van der Waals surface area (Å²) in [6, 6.07) is 0.442. The van der Waals surface area contributed by atoms with Crippen LogP contribution in [0.5, 0.6) is 0 Å². The third-order valence-corrected chi connectivity index (χ3v) is 4.89. The Hall–Kier alpha value is -0.340. The van der Waals surface area contributed by atoms with E-state index in [1.165, 1.54) is 64.2 Å². The lowest BCUT2D eigenvalue weighted by molar-refractivity contribution is -0.0183. The molecule has 1 heterocycles.